The molecule has 0 heterocycles. The molecule has 0 heteroatoms. The number of fused-ring (bicyclic) bond motifs is 9. The first-order chi connectivity index (χ1) is 8.88. The Morgan fingerprint density at radius 2 is 1.83 bits per heavy atom. The van der Waals surface area contributed by atoms with E-state index in [1.165, 1.54) is 25.7 Å². The first kappa shape index (κ1) is 9.83. The van der Waals surface area contributed by atoms with E-state index in [1.807, 2.05) is 0 Å². The van der Waals surface area contributed by atoms with Gasteiger partial charge in [0.1, 0.15) is 0 Å². The van der Waals surface area contributed by atoms with E-state index in [4.69, 9.17) is 0 Å². The van der Waals surface area contributed by atoms with Crippen molar-refractivity contribution >= 4 is 0 Å². The van der Waals surface area contributed by atoms with Crippen molar-refractivity contribution in [1.29, 1.82) is 0 Å². The van der Waals surface area contributed by atoms with Crippen LogP contribution in [0.2, 0.25) is 0 Å². The van der Waals surface area contributed by atoms with Crippen LogP contribution in [0.4, 0.5) is 0 Å². The Morgan fingerprint density at radius 1 is 1.00 bits per heavy atom. The molecule has 0 nitrogen and oxygen atoms in total. The predicted octanol–water partition coefficient (Wildman–Crippen LogP) is 4.18. The molecule has 0 spiro atoms. The first-order valence-electron chi connectivity index (χ1n) is 7.62. The molecule has 4 aliphatic carbocycles. The standard InChI is InChI=1S/C18H20/c1-2-4-15(5-3-1)18-9-8-14(11-18)16-12-6-7-13(10-12)17(16)18/h1-7,12-14,16-17H,8-11H2. The zero-order valence-corrected chi connectivity index (χ0v) is 10.8. The van der Waals surface area contributed by atoms with Crippen LogP contribution in [0.5, 0.6) is 0 Å². The first-order valence-corrected chi connectivity index (χ1v) is 7.62. The molecule has 0 radical (unpaired) electrons. The van der Waals surface area contributed by atoms with E-state index in [2.05, 4.69) is 42.5 Å². The average molecular weight is 236 g/mol. The van der Waals surface area contributed by atoms with Gasteiger partial charge < -0.3 is 0 Å². The van der Waals surface area contributed by atoms with Crippen molar-refractivity contribution in [1.82, 2.24) is 0 Å². The normalized spacial score (nSPS) is 51.0. The van der Waals surface area contributed by atoms with Gasteiger partial charge in [0, 0.05) is 0 Å². The second-order valence-corrected chi connectivity index (χ2v) is 7.08. The highest BCUT2D eigenvalue weighted by molar-refractivity contribution is 5.36. The maximum Gasteiger partial charge on any atom is -0.000735 e. The molecule has 0 saturated heterocycles. The van der Waals surface area contributed by atoms with E-state index < -0.39 is 0 Å². The summed E-state index contributed by atoms with van der Waals surface area (Å²) in [5, 5.41) is 0. The van der Waals surface area contributed by atoms with Crippen molar-refractivity contribution < 1.29 is 0 Å². The number of hydrogen-bond acceptors (Lipinski definition) is 0. The third-order valence-electron chi connectivity index (χ3n) is 6.64. The summed E-state index contributed by atoms with van der Waals surface area (Å²) in [6.45, 7) is 0. The van der Waals surface area contributed by atoms with Gasteiger partial charge in [-0.25, -0.2) is 0 Å². The van der Waals surface area contributed by atoms with Gasteiger partial charge in [-0.2, -0.15) is 0 Å². The van der Waals surface area contributed by atoms with Crippen molar-refractivity contribution in [2.24, 2.45) is 29.6 Å². The van der Waals surface area contributed by atoms with Gasteiger partial charge in [0.25, 0.3) is 0 Å². The smallest absolute Gasteiger partial charge is 0.000735 e. The molecule has 3 saturated carbocycles. The van der Waals surface area contributed by atoms with E-state index in [0.717, 1.165) is 29.6 Å². The van der Waals surface area contributed by atoms with Gasteiger partial charge in [-0.1, -0.05) is 42.5 Å². The van der Waals surface area contributed by atoms with Crippen LogP contribution in [0.3, 0.4) is 0 Å². The average Bonchev–Trinajstić information content (AvgIpc) is 3.18. The van der Waals surface area contributed by atoms with Gasteiger partial charge in [-0.05, 0) is 66.3 Å². The van der Waals surface area contributed by atoms with Gasteiger partial charge >= 0.3 is 0 Å². The molecule has 4 aliphatic rings. The van der Waals surface area contributed by atoms with Crippen LogP contribution in [0, 0.1) is 29.6 Å². The minimum atomic E-state index is 0.556. The molecule has 0 aliphatic heterocycles. The van der Waals surface area contributed by atoms with E-state index >= 15 is 0 Å². The summed E-state index contributed by atoms with van der Waals surface area (Å²) in [6, 6.07) is 11.5. The fraction of sp³-hybridized carbons (Fsp3) is 0.556. The SMILES string of the molecule is C1=CC2CC1C1C3CCC(c4ccccc4)(C3)C21. The number of rotatable bonds is 1. The van der Waals surface area contributed by atoms with Crippen LogP contribution < -0.4 is 0 Å². The number of hydrogen-bond donors (Lipinski definition) is 0. The van der Waals surface area contributed by atoms with Crippen molar-refractivity contribution in [3.63, 3.8) is 0 Å². The quantitative estimate of drug-likeness (QED) is 0.507. The molecule has 4 bridgehead atoms. The molecule has 5 rings (SSSR count). The summed E-state index contributed by atoms with van der Waals surface area (Å²) < 4.78 is 0. The van der Waals surface area contributed by atoms with E-state index in [1.54, 1.807) is 5.56 Å². The summed E-state index contributed by atoms with van der Waals surface area (Å²) in [5.74, 6) is 4.90. The zero-order chi connectivity index (χ0) is 11.7. The molecular weight excluding hydrogens is 216 g/mol. The third-order valence-corrected chi connectivity index (χ3v) is 6.64. The van der Waals surface area contributed by atoms with Crippen LogP contribution in [0.15, 0.2) is 42.5 Å². The van der Waals surface area contributed by atoms with Crippen molar-refractivity contribution in [3.8, 4) is 0 Å². The zero-order valence-electron chi connectivity index (χ0n) is 10.8. The van der Waals surface area contributed by atoms with Crippen LogP contribution >= 0.6 is 0 Å². The minimum absolute atomic E-state index is 0.556. The molecule has 6 unspecified atom stereocenters. The highest BCUT2D eigenvalue weighted by Crippen LogP contribution is 2.71. The lowest BCUT2D eigenvalue weighted by atomic mass is 9.63. The van der Waals surface area contributed by atoms with Gasteiger partial charge in [-0.15, -0.1) is 0 Å². The topological polar surface area (TPSA) is 0 Å². The molecule has 3 fully saturated rings. The molecule has 0 aromatic heterocycles. The van der Waals surface area contributed by atoms with Gasteiger partial charge in [0.05, 0.1) is 0 Å². The van der Waals surface area contributed by atoms with E-state index in [9.17, 15) is 0 Å². The van der Waals surface area contributed by atoms with Crippen LogP contribution in [-0.4, -0.2) is 0 Å². The van der Waals surface area contributed by atoms with Crippen LogP contribution in [0.25, 0.3) is 0 Å². The van der Waals surface area contributed by atoms with E-state index in [-0.39, 0.29) is 0 Å². The number of allylic oxidation sites excluding steroid dienone is 2. The third kappa shape index (κ3) is 0.965. The Kier molecular flexibility index (Phi) is 1.69. The fourth-order valence-electron chi connectivity index (χ4n) is 6.25. The highest BCUT2D eigenvalue weighted by atomic mass is 14.7. The Hall–Kier alpha value is -1.04. The lowest BCUT2D eigenvalue weighted by Gasteiger charge is -2.41. The maximum atomic E-state index is 2.55. The lowest BCUT2D eigenvalue weighted by Crippen LogP contribution is -2.37. The molecule has 92 valence electrons. The molecule has 1 aromatic carbocycles. The highest BCUT2D eigenvalue weighted by Gasteiger charge is 2.65. The molecule has 0 N–H and O–H groups in total. The second-order valence-electron chi connectivity index (χ2n) is 7.08. The van der Waals surface area contributed by atoms with Crippen LogP contribution in [0.1, 0.15) is 31.2 Å². The molecule has 6 atom stereocenters. The summed E-state index contributed by atoms with van der Waals surface area (Å²) in [7, 11) is 0. The monoisotopic (exact) mass is 236 g/mol. The Balaban J connectivity index is 1.67. The van der Waals surface area contributed by atoms with Gasteiger partial charge in [0.2, 0.25) is 0 Å². The maximum absolute atomic E-state index is 2.55. The summed E-state index contributed by atoms with van der Waals surface area (Å²) in [5.41, 5.74) is 2.21. The largest absolute Gasteiger partial charge is 0.0848 e. The van der Waals surface area contributed by atoms with E-state index in [0.29, 0.717) is 5.41 Å². The minimum Gasteiger partial charge on any atom is -0.0848 e. The predicted molar refractivity (Wildman–Crippen MR) is 73.2 cm³/mol. The fourth-order valence-corrected chi connectivity index (χ4v) is 6.25. The molecular formula is C18H20. The van der Waals surface area contributed by atoms with Crippen molar-refractivity contribution in [3.05, 3.63) is 48.0 Å². The second kappa shape index (κ2) is 3.10. The lowest BCUT2D eigenvalue weighted by molar-refractivity contribution is 0.178. The summed E-state index contributed by atoms with van der Waals surface area (Å²) in [6.07, 6.45) is 11.0. The Bertz CT molecular complexity index is 514. The molecule has 18 heavy (non-hydrogen) atoms. The van der Waals surface area contributed by atoms with Crippen molar-refractivity contribution in [2.75, 3.05) is 0 Å². The Labute approximate surface area is 109 Å². The Morgan fingerprint density at radius 3 is 2.72 bits per heavy atom. The van der Waals surface area contributed by atoms with Gasteiger partial charge in [-0.3, -0.25) is 0 Å². The molecule has 1 aromatic rings. The van der Waals surface area contributed by atoms with Crippen LogP contribution in [-0.2, 0) is 5.41 Å². The summed E-state index contributed by atoms with van der Waals surface area (Å²) >= 11 is 0. The number of benzene rings is 1. The molecule has 0 amide bonds. The summed E-state index contributed by atoms with van der Waals surface area (Å²) in [4.78, 5) is 0. The van der Waals surface area contributed by atoms with Crippen molar-refractivity contribution in [2.45, 2.75) is 31.1 Å². The van der Waals surface area contributed by atoms with Gasteiger partial charge in [0.15, 0.2) is 0 Å².